The molecule has 0 amide bonds. The van der Waals surface area contributed by atoms with Crippen molar-refractivity contribution in [2.45, 2.75) is 24.4 Å². The Hall–Kier alpha value is -2.81. The first kappa shape index (κ1) is 23.0. The van der Waals surface area contributed by atoms with E-state index in [9.17, 15) is 9.59 Å². The van der Waals surface area contributed by atoms with Crippen LogP contribution in [0, 0.1) is 0 Å². The van der Waals surface area contributed by atoms with E-state index in [-0.39, 0.29) is 17.1 Å². The van der Waals surface area contributed by atoms with E-state index in [0.29, 0.717) is 38.3 Å². The average molecular weight is 513 g/mol. The molecule has 6 nitrogen and oxygen atoms in total. The summed E-state index contributed by atoms with van der Waals surface area (Å²) in [6.45, 7) is 0. The van der Waals surface area contributed by atoms with Gasteiger partial charge in [0.1, 0.15) is 16.3 Å². The van der Waals surface area contributed by atoms with Crippen LogP contribution in [0.4, 0.5) is 0 Å². The number of aryl methyl sites for hydroxylation is 2. The molecule has 0 atom stereocenters. The first-order chi connectivity index (χ1) is 16.5. The van der Waals surface area contributed by atoms with Crippen LogP contribution in [0.5, 0.6) is 11.5 Å². The lowest BCUT2D eigenvalue weighted by molar-refractivity contribution is 0.101. The number of rotatable bonds is 7. The van der Waals surface area contributed by atoms with Crippen molar-refractivity contribution < 1.29 is 14.3 Å². The number of carbonyl (C=O) groups is 1. The van der Waals surface area contributed by atoms with Crippen LogP contribution in [0.1, 0.15) is 27.2 Å². The number of benzene rings is 2. The molecule has 0 bridgehead atoms. The van der Waals surface area contributed by atoms with Gasteiger partial charge < -0.3 is 9.47 Å². The zero-order valence-corrected chi connectivity index (χ0v) is 21.0. The van der Waals surface area contributed by atoms with E-state index in [1.54, 1.807) is 65.5 Å². The lowest BCUT2D eigenvalue weighted by Crippen LogP contribution is -2.22. The predicted molar refractivity (Wildman–Crippen MR) is 137 cm³/mol. The summed E-state index contributed by atoms with van der Waals surface area (Å²) in [6, 6.07) is 12.2. The number of carbonyl (C=O) groups excluding carboxylic acids is 1. The second-order valence-electron chi connectivity index (χ2n) is 7.83. The van der Waals surface area contributed by atoms with E-state index < -0.39 is 0 Å². The van der Waals surface area contributed by atoms with Crippen molar-refractivity contribution in [3.8, 4) is 17.2 Å². The predicted octanol–water partition coefficient (Wildman–Crippen LogP) is 5.58. The van der Waals surface area contributed by atoms with Gasteiger partial charge in [-0.2, -0.15) is 0 Å². The Balaban J connectivity index is 1.57. The molecular formula is C25H21ClN2O4S2. The Morgan fingerprint density at radius 2 is 1.94 bits per heavy atom. The first-order valence-corrected chi connectivity index (χ1v) is 12.9. The zero-order chi connectivity index (χ0) is 23.8. The first-order valence-electron chi connectivity index (χ1n) is 10.7. The minimum absolute atomic E-state index is 0.0835. The molecule has 34 heavy (non-hydrogen) atoms. The van der Waals surface area contributed by atoms with Crippen LogP contribution >= 0.6 is 34.7 Å². The third-order valence-corrected chi connectivity index (χ3v) is 8.21. The van der Waals surface area contributed by atoms with Gasteiger partial charge in [-0.05, 0) is 67.3 Å². The van der Waals surface area contributed by atoms with Gasteiger partial charge in [0.25, 0.3) is 5.56 Å². The van der Waals surface area contributed by atoms with Crippen LogP contribution in [0.25, 0.3) is 15.9 Å². The topological polar surface area (TPSA) is 70.4 Å². The molecule has 2 heterocycles. The molecule has 174 valence electrons. The highest BCUT2D eigenvalue weighted by atomic mass is 35.5. The molecule has 0 fully saturated rings. The molecule has 0 unspecified atom stereocenters. The third kappa shape index (κ3) is 4.10. The van der Waals surface area contributed by atoms with Gasteiger partial charge in [-0.3, -0.25) is 14.2 Å². The maximum absolute atomic E-state index is 13.7. The van der Waals surface area contributed by atoms with Crippen molar-refractivity contribution >= 4 is 50.7 Å². The molecule has 0 saturated carbocycles. The third-order valence-electron chi connectivity index (χ3n) is 5.83. The molecule has 9 heteroatoms. The van der Waals surface area contributed by atoms with Gasteiger partial charge in [0.2, 0.25) is 0 Å². The second kappa shape index (κ2) is 9.44. The van der Waals surface area contributed by atoms with Gasteiger partial charge in [0.15, 0.2) is 10.9 Å². The minimum Gasteiger partial charge on any atom is -0.497 e. The number of thiophene rings is 1. The Labute approximate surface area is 209 Å². The van der Waals surface area contributed by atoms with Crippen LogP contribution in [-0.2, 0) is 12.8 Å². The van der Waals surface area contributed by atoms with E-state index in [2.05, 4.69) is 0 Å². The number of hydrogen-bond acceptors (Lipinski definition) is 7. The molecule has 0 N–H and O–H groups in total. The van der Waals surface area contributed by atoms with Gasteiger partial charge in [0.05, 0.1) is 36.6 Å². The van der Waals surface area contributed by atoms with Gasteiger partial charge in [-0.15, -0.1) is 11.3 Å². The number of hydrogen-bond donors (Lipinski definition) is 0. The maximum atomic E-state index is 13.7. The number of fused-ring (bicyclic) bond motifs is 3. The molecule has 0 radical (unpaired) electrons. The van der Waals surface area contributed by atoms with Crippen LogP contribution in [0.15, 0.2) is 52.4 Å². The number of methoxy groups -OCH3 is 2. The Morgan fingerprint density at radius 3 is 2.68 bits per heavy atom. The minimum atomic E-state index is -0.147. The molecule has 0 spiro atoms. The number of ether oxygens (including phenoxy) is 2. The molecule has 0 aliphatic heterocycles. The van der Waals surface area contributed by atoms with E-state index in [1.165, 1.54) is 23.7 Å². The van der Waals surface area contributed by atoms with Crippen LogP contribution in [0.2, 0.25) is 5.02 Å². The Kier molecular flexibility index (Phi) is 6.38. The average Bonchev–Trinajstić information content (AvgIpc) is 3.44. The largest absolute Gasteiger partial charge is 0.497 e. The normalized spacial score (nSPS) is 12.7. The van der Waals surface area contributed by atoms with E-state index in [0.717, 1.165) is 29.7 Å². The molecule has 0 saturated heterocycles. The fourth-order valence-corrected chi connectivity index (χ4v) is 6.50. The van der Waals surface area contributed by atoms with Gasteiger partial charge >= 0.3 is 0 Å². The van der Waals surface area contributed by atoms with Crippen LogP contribution in [-0.4, -0.2) is 35.3 Å². The van der Waals surface area contributed by atoms with Gasteiger partial charge in [-0.1, -0.05) is 23.4 Å². The summed E-state index contributed by atoms with van der Waals surface area (Å²) < 4.78 is 12.2. The molecule has 2 aromatic heterocycles. The number of aromatic nitrogens is 2. The summed E-state index contributed by atoms with van der Waals surface area (Å²) in [5.41, 5.74) is 2.09. The number of ketones is 1. The Bertz CT molecular complexity index is 1460. The zero-order valence-electron chi connectivity index (χ0n) is 18.6. The lowest BCUT2D eigenvalue weighted by Gasteiger charge is -2.13. The highest BCUT2D eigenvalue weighted by Crippen LogP contribution is 2.36. The number of Topliss-reactive ketones (excluding diaryl/α,β-unsaturated/α-hetero) is 1. The van der Waals surface area contributed by atoms with E-state index >= 15 is 0 Å². The van der Waals surface area contributed by atoms with E-state index in [4.69, 9.17) is 26.1 Å². The van der Waals surface area contributed by atoms with Crippen LogP contribution < -0.4 is 15.0 Å². The molecule has 2 aromatic carbocycles. The van der Waals surface area contributed by atoms with Gasteiger partial charge in [-0.25, -0.2) is 4.98 Å². The SMILES string of the molecule is COc1ccc(OC)c(C(=O)CSc2nc3sc4c(c3c(=O)n2-c2ccc(Cl)cc2)CCC4)c1. The van der Waals surface area contributed by atoms with Crippen molar-refractivity contribution in [1.82, 2.24) is 9.55 Å². The second-order valence-corrected chi connectivity index (χ2v) is 10.3. The number of nitrogens with zero attached hydrogens (tertiary/aromatic N) is 2. The van der Waals surface area contributed by atoms with Crippen molar-refractivity contribution in [1.29, 1.82) is 0 Å². The van der Waals surface area contributed by atoms with Crippen molar-refractivity contribution in [3.63, 3.8) is 0 Å². The van der Waals surface area contributed by atoms with Crippen molar-refractivity contribution in [3.05, 3.63) is 73.8 Å². The smallest absolute Gasteiger partial charge is 0.267 e. The van der Waals surface area contributed by atoms with Crippen molar-refractivity contribution in [2.24, 2.45) is 0 Å². The summed E-state index contributed by atoms with van der Waals surface area (Å²) in [7, 11) is 3.07. The summed E-state index contributed by atoms with van der Waals surface area (Å²) >= 11 is 8.90. The number of thioether (sulfide) groups is 1. The fraction of sp³-hybridized carbons (Fsp3) is 0.240. The molecule has 4 aromatic rings. The summed E-state index contributed by atoms with van der Waals surface area (Å²) in [5, 5.41) is 1.74. The molecule has 5 rings (SSSR count). The summed E-state index contributed by atoms with van der Waals surface area (Å²) in [4.78, 5) is 33.7. The summed E-state index contributed by atoms with van der Waals surface area (Å²) in [5.74, 6) is 0.978. The number of halogens is 1. The molecular weight excluding hydrogens is 492 g/mol. The highest BCUT2D eigenvalue weighted by Gasteiger charge is 2.24. The van der Waals surface area contributed by atoms with Crippen molar-refractivity contribution in [2.75, 3.05) is 20.0 Å². The highest BCUT2D eigenvalue weighted by molar-refractivity contribution is 7.99. The quantitative estimate of drug-likeness (QED) is 0.183. The van der Waals surface area contributed by atoms with Crippen LogP contribution in [0.3, 0.4) is 0 Å². The fourth-order valence-electron chi connectivity index (χ4n) is 4.18. The molecule has 1 aliphatic rings. The summed E-state index contributed by atoms with van der Waals surface area (Å²) in [6.07, 6.45) is 2.94. The molecule has 1 aliphatic carbocycles. The van der Waals surface area contributed by atoms with E-state index in [1.807, 2.05) is 0 Å². The Morgan fingerprint density at radius 1 is 1.15 bits per heavy atom. The monoisotopic (exact) mass is 512 g/mol. The standard InChI is InChI=1S/C25H21ClN2O4S2/c1-31-16-10-11-20(32-2)18(12-16)19(29)13-33-25-27-23-22(17-4-3-5-21(17)34-23)24(30)28(25)15-8-6-14(26)7-9-15/h6-12H,3-5,13H2,1-2H3. The lowest BCUT2D eigenvalue weighted by atomic mass is 10.1. The maximum Gasteiger partial charge on any atom is 0.267 e. The van der Waals surface area contributed by atoms with Gasteiger partial charge in [0, 0.05) is 9.90 Å².